The Balaban J connectivity index is 1.88. The van der Waals surface area contributed by atoms with Crippen LogP contribution in [0.25, 0.3) is 0 Å². The molecule has 0 saturated carbocycles. The summed E-state index contributed by atoms with van der Waals surface area (Å²) in [6, 6.07) is 0. The van der Waals surface area contributed by atoms with Crippen molar-refractivity contribution in [1.29, 1.82) is 0 Å². The van der Waals surface area contributed by atoms with Crippen molar-refractivity contribution in [3.05, 3.63) is 11.6 Å². The predicted molar refractivity (Wildman–Crippen MR) is 95.7 cm³/mol. The number of carbonyl (C=O) groups is 1. The van der Waals surface area contributed by atoms with Gasteiger partial charge >= 0.3 is 0 Å². The van der Waals surface area contributed by atoms with Crippen LogP contribution >= 0.6 is 0 Å². The molecule has 0 unspecified atom stereocenters. The van der Waals surface area contributed by atoms with E-state index in [1.807, 2.05) is 25.5 Å². The first-order valence-electron chi connectivity index (χ1n) is 9.09. The van der Waals surface area contributed by atoms with Crippen molar-refractivity contribution in [2.45, 2.75) is 66.5 Å². The minimum atomic E-state index is -0.226. The van der Waals surface area contributed by atoms with Crippen LogP contribution in [0.4, 0.5) is 0 Å². The third kappa shape index (κ3) is 5.30. The van der Waals surface area contributed by atoms with Crippen LogP contribution in [0.2, 0.25) is 0 Å². The minimum absolute atomic E-state index is 0.0811. The Morgan fingerprint density at radius 3 is 2.71 bits per heavy atom. The zero-order valence-corrected chi connectivity index (χ0v) is 16.1. The maximum atomic E-state index is 12.6. The van der Waals surface area contributed by atoms with E-state index in [1.54, 1.807) is 0 Å². The number of piperidine rings is 1. The maximum Gasteiger partial charge on any atom is 0.225 e. The highest BCUT2D eigenvalue weighted by Crippen LogP contribution is 2.18. The van der Waals surface area contributed by atoms with Gasteiger partial charge in [-0.1, -0.05) is 13.8 Å². The molecule has 1 amide bonds. The number of likely N-dealkylation sites (tertiary alicyclic amines) is 1. The second-order valence-corrected chi connectivity index (χ2v) is 8.15. The molecule has 2 atom stereocenters. The molecule has 2 heterocycles. The molecule has 2 rings (SSSR count). The molecule has 0 spiro atoms. The molecule has 1 N–H and O–H groups in total. The highest BCUT2D eigenvalue weighted by molar-refractivity contribution is 5.78. The molecule has 136 valence electrons. The monoisotopic (exact) mass is 335 g/mol. The molecule has 0 radical (unpaired) electrons. The van der Waals surface area contributed by atoms with Crippen LogP contribution < -0.4 is 5.32 Å². The Bertz CT molecular complexity index is 566. The lowest BCUT2D eigenvalue weighted by Gasteiger charge is -2.38. The topological polar surface area (TPSA) is 63.1 Å². The number of aryl methyl sites for hydroxylation is 2. The Morgan fingerprint density at radius 1 is 1.42 bits per heavy atom. The van der Waals surface area contributed by atoms with E-state index in [2.05, 4.69) is 41.1 Å². The van der Waals surface area contributed by atoms with Gasteiger partial charge in [-0.05, 0) is 53.0 Å². The standard InChI is InChI=1S/C18H33N5O/c1-13-8-7-9-22(10-13)12-18(5,6)20-17(24)14(2)11-23-16(4)19-15(3)21-23/h13-14H,7-12H2,1-6H3,(H,20,24)/t13-,14+/m0/s1. The molecular formula is C18H33N5O. The normalized spacial score (nSPS) is 20.8. The first-order chi connectivity index (χ1) is 11.2. The van der Waals surface area contributed by atoms with Crippen molar-refractivity contribution >= 4 is 5.91 Å². The van der Waals surface area contributed by atoms with Crippen LogP contribution in [0.1, 0.15) is 52.2 Å². The maximum absolute atomic E-state index is 12.6. The van der Waals surface area contributed by atoms with Crippen LogP contribution in [0.3, 0.4) is 0 Å². The molecule has 1 aromatic rings. The number of hydrogen-bond acceptors (Lipinski definition) is 4. The number of rotatable bonds is 6. The van der Waals surface area contributed by atoms with Gasteiger partial charge in [0.25, 0.3) is 0 Å². The molecule has 1 aliphatic rings. The Labute approximate surface area is 146 Å². The van der Waals surface area contributed by atoms with Crippen molar-refractivity contribution in [3.63, 3.8) is 0 Å². The van der Waals surface area contributed by atoms with Gasteiger partial charge in [0.05, 0.1) is 12.5 Å². The Kier molecular flexibility index (Phi) is 6.01. The molecule has 24 heavy (non-hydrogen) atoms. The van der Waals surface area contributed by atoms with Gasteiger partial charge in [-0.2, -0.15) is 5.10 Å². The van der Waals surface area contributed by atoms with Crippen LogP contribution in [0.5, 0.6) is 0 Å². The highest BCUT2D eigenvalue weighted by atomic mass is 16.2. The zero-order chi connectivity index (χ0) is 17.9. The zero-order valence-electron chi connectivity index (χ0n) is 16.1. The van der Waals surface area contributed by atoms with Crippen molar-refractivity contribution in [1.82, 2.24) is 25.0 Å². The second kappa shape index (κ2) is 7.64. The van der Waals surface area contributed by atoms with E-state index in [0.717, 1.165) is 37.2 Å². The van der Waals surface area contributed by atoms with E-state index < -0.39 is 0 Å². The molecule has 6 nitrogen and oxygen atoms in total. The van der Waals surface area contributed by atoms with Gasteiger partial charge in [0, 0.05) is 18.6 Å². The minimum Gasteiger partial charge on any atom is -0.350 e. The van der Waals surface area contributed by atoms with Gasteiger partial charge in [0.15, 0.2) is 0 Å². The average molecular weight is 335 g/mol. The van der Waals surface area contributed by atoms with Crippen LogP contribution in [-0.2, 0) is 11.3 Å². The van der Waals surface area contributed by atoms with E-state index in [1.165, 1.54) is 12.8 Å². The molecule has 0 aromatic carbocycles. The first kappa shape index (κ1) is 18.9. The number of amides is 1. The molecule has 0 aliphatic carbocycles. The van der Waals surface area contributed by atoms with Crippen molar-refractivity contribution in [2.24, 2.45) is 11.8 Å². The lowest BCUT2D eigenvalue weighted by molar-refractivity contribution is -0.126. The van der Waals surface area contributed by atoms with E-state index in [-0.39, 0.29) is 17.4 Å². The van der Waals surface area contributed by atoms with Gasteiger partial charge < -0.3 is 10.2 Å². The van der Waals surface area contributed by atoms with Gasteiger partial charge in [0.2, 0.25) is 5.91 Å². The second-order valence-electron chi connectivity index (χ2n) is 8.15. The summed E-state index contributed by atoms with van der Waals surface area (Å²) < 4.78 is 1.82. The summed E-state index contributed by atoms with van der Waals surface area (Å²) in [6.07, 6.45) is 2.57. The van der Waals surface area contributed by atoms with E-state index in [0.29, 0.717) is 6.54 Å². The molecule has 0 bridgehead atoms. The molecule has 1 saturated heterocycles. The van der Waals surface area contributed by atoms with E-state index in [9.17, 15) is 4.79 Å². The van der Waals surface area contributed by atoms with Crippen molar-refractivity contribution in [2.75, 3.05) is 19.6 Å². The largest absolute Gasteiger partial charge is 0.350 e. The lowest BCUT2D eigenvalue weighted by atomic mass is 9.96. The molecule has 1 aromatic heterocycles. The smallest absolute Gasteiger partial charge is 0.225 e. The van der Waals surface area contributed by atoms with E-state index in [4.69, 9.17) is 0 Å². The summed E-state index contributed by atoms with van der Waals surface area (Å²) >= 11 is 0. The van der Waals surface area contributed by atoms with Crippen molar-refractivity contribution in [3.8, 4) is 0 Å². The van der Waals surface area contributed by atoms with Gasteiger partial charge in [-0.15, -0.1) is 0 Å². The molecule has 1 aliphatic heterocycles. The molecule has 6 heteroatoms. The molecule has 1 fully saturated rings. The van der Waals surface area contributed by atoms with Gasteiger partial charge in [-0.25, -0.2) is 9.67 Å². The van der Waals surface area contributed by atoms with Crippen LogP contribution in [-0.4, -0.2) is 50.7 Å². The van der Waals surface area contributed by atoms with Crippen molar-refractivity contribution < 1.29 is 4.79 Å². The number of hydrogen-bond donors (Lipinski definition) is 1. The highest BCUT2D eigenvalue weighted by Gasteiger charge is 2.28. The fourth-order valence-corrected chi connectivity index (χ4v) is 3.56. The fourth-order valence-electron chi connectivity index (χ4n) is 3.56. The summed E-state index contributed by atoms with van der Waals surface area (Å²) in [6.45, 7) is 16.0. The fraction of sp³-hybridized carbons (Fsp3) is 0.833. The number of nitrogens with zero attached hydrogens (tertiary/aromatic N) is 4. The summed E-state index contributed by atoms with van der Waals surface area (Å²) in [5.74, 6) is 2.30. The summed E-state index contributed by atoms with van der Waals surface area (Å²) in [5.41, 5.74) is -0.226. The van der Waals surface area contributed by atoms with Crippen LogP contribution in [0, 0.1) is 25.7 Å². The van der Waals surface area contributed by atoms with Gasteiger partial charge in [-0.3, -0.25) is 4.79 Å². The summed E-state index contributed by atoms with van der Waals surface area (Å²) in [4.78, 5) is 19.4. The van der Waals surface area contributed by atoms with E-state index >= 15 is 0 Å². The van der Waals surface area contributed by atoms with Crippen LogP contribution in [0.15, 0.2) is 0 Å². The number of nitrogens with one attached hydrogen (secondary N) is 1. The number of aromatic nitrogens is 3. The SMILES string of the molecule is Cc1nc(C)n(C[C@@H](C)C(=O)NC(C)(C)CN2CCC[C@H](C)C2)n1. The summed E-state index contributed by atoms with van der Waals surface area (Å²) in [5, 5.41) is 7.57. The summed E-state index contributed by atoms with van der Waals surface area (Å²) in [7, 11) is 0. The van der Waals surface area contributed by atoms with Gasteiger partial charge in [0.1, 0.15) is 11.6 Å². The third-order valence-electron chi connectivity index (χ3n) is 4.68. The third-order valence-corrected chi connectivity index (χ3v) is 4.68. The Morgan fingerprint density at radius 2 is 2.12 bits per heavy atom. The Hall–Kier alpha value is -1.43. The average Bonchev–Trinajstić information content (AvgIpc) is 2.75. The molecular weight excluding hydrogens is 302 g/mol. The predicted octanol–water partition coefficient (Wildman–Crippen LogP) is 2.16. The quantitative estimate of drug-likeness (QED) is 0.865. The number of carbonyl (C=O) groups excluding carboxylic acids is 1. The lowest BCUT2D eigenvalue weighted by Crippen LogP contribution is -2.54. The first-order valence-corrected chi connectivity index (χ1v) is 9.09.